The second-order valence-corrected chi connectivity index (χ2v) is 7.27. The molecule has 17 heavy (non-hydrogen) atoms. The monoisotopic (exact) mass is 234 g/mol. The maximum absolute atomic E-state index is 3.59. The SMILES string of the molecule is CC1CN(C2C3CC4CC(C3)CC2C4)CCN1. The fourth-order valence-corrected chi connectivity index (χ4v) is 5.73. The molecule has 1 aliphatic heterocycles. The molecule has 0 aromatic carbocycles. The third-order valence-electron chi connectivity index (χ3n) is 6.00. The van der Waals surface area contributed by atoms with Crippen LogP contribution in [0.1, 0.15) is 39.0 Å². The lowest BCUT2D eigenvalue weighted by Crippen LogP contribution is -2.61. The maximum Gasteiger partial charge on any atom is 0.0167 e. The van der Waals surface area contributed by atoms with Crippen LogP contribution < -0.4 is 5.32 Å². The van der Waals surface area contributed by atoms with Crippen molar-refractivity contribution >= 4 is 0 Å². The molecule has 1 unspecified atom stereocenters. The molecule has 0 aromatic heterocycles. The lowest BCUT2D eigenvalue weighted by molar-refractivity contribution is -0.0714. The van der Waals surface area contributed by atoms with Gasteiger partial charge in [-0.2, -0.15) is 0 Å². The Hall–Kier alpha value is -0.0800. The molecule has 96 valence electrons. The molecule has 1 N–H and O–H groups in total. The molecule has 0 spiro atoms. The number of nitrogens with one attached hydrogen (secondary N) is 1. The normalized spacial score (nSPS) is 54.2. The van der Waals surface area contributed by atoms with Crippen LogP contribution in [0.2, 0.25) is 0 Å². The maximum atomic E-state index is 3.59. The summed E-state index contributed by atoms with van der Waals surface area (Å²) in [6.45, 7) is 6.16. The zero-order chi connectivity index (χ0) is 11.4. The number of rotatable bonds is 1. The summed E-state index contributed by atoms with van der Waals surface area (Å²) in [6.07, 6.45) is 7.84. The molecule has 5 aliphatic rings. The van der Waals surface area contributed by atoms with Crippen molar-refractivity contribution in [3.05, 3.63) is 0 Å². The highest BCUT2D eigenvalue weighted by atomic mass is 15.2. The minimum absolute atomic E-state index is 0.709. The van der Waals surface area contributed by atoms with E-state index in [4.69, 9.17) is 0 Å². The zero-order valence-corrected chi connectivity index (χ0v) is 11.1. The predicted octanol–water partition coefficient (Wildman–Crippen LogP) is 2.10. The fraction of sp³-hybridized carbons (Fsp3) is 1.00. The third-order valence-corrected chi connectivity index (χ3v) is 6.00. The first-order valence-corrected chi connectivity index (χ1v) is 7.77. The van der Waals surface area contributed by atoms with Crippen LogP contribution in [0.5, 0.6) is 0 Å². The van der Waals surface area contributed by atoms with Gasteiger partial charge in [0.05, 0.1) is 0 Å². The molecule has 4 bridgehead atoms. The lowest BCUT2D eigenvalue weighted by Gasteiger charge is -2.58. The molecule has 2 nitrogen and oxygen atoms in total. The summed E-state index contributed by atoms with van der Waals surface area (Å²) in [5.74, 6) is 4.37. The molecule has 5 fully saturated rings. The van der Waals surface area contributed by atoms with Crippen LogP contribution in [0.25, 0.3) is 0 Å². The van der Waals surface area contributed by atoms with Crippen molar-refractivity contribution in [3.8, 4) is 0 Å². The number of hydrogen-bond donors (Lipinski definition) is 1. The topological polar surface area (TPSA) is 15.3 Å². The van der Waals surface area contributed by atoms with E-state index < -0.39 is 0 Å². The second-order valence-electron chi connectivity index (χ2n) is 7.27. The van der Waals surface area contributed by atoms with Gasteiger partial charge in [-0.15, -0.1) is 0 Å². The Bertz CT molecular complexity index is 273. The van der Waals surface area contributed by atoms with Gasteiger partial charge in [-0.25, -0.2) is 0 Å². The van der Waals surface area contributed by atoms with Crippen molar-refractivity contribution in [1.82, 2.24) is 10.2 Å². The summed E-state index contributed by atoms with van der Waals surface area (Å²) < 4.78 is 0. The van der Waals surface area contributed by atoms with Crippen LogP contribution in [0, 0.1) is 23.7 Å². The first kappa shape index (κ1) is 10.8. The minimum atomic E-state index is 0.709. The van der Waals surface area contributed by atoms with Crippen molar-refractivity contribution in [3.63, 3.8) is 0 Å². The van der Waals surface area contributed by atoms with E-state index in [1.54, 1.807) is 32.1 Å². The minimum Gasteiger partial charge on any atom is -0.312 e. The number of hydrogen-bond acceptors (Lipinski definition) is 2. The van der Waals surface area contributed by atoms with Crippen LogP contribution in [-0.4, -0.2) is 36.6 Å². The van der Waals surface area contributed by atoms with Gasteiger partial charge in [-0.1, -0.05) is 0 Å². The van der Waals surface area contributed by atoms with Crippen molar-refractivity contribution in [2.75, 3.05) is 19.6 Å². The Morgan fingerprint density at radius 1 is 0.941 bits per heavy atom. The summed E-state index contributed by atoms with van der Waals surface area (Å²) in [5, 5.41) is 3.59. The highest BCUT2D eigenvalue weighted by Gasteiger charge is 2.50. The molecule has 1 atom stereocenters. The predicted molar refractivity (Wildman–Crippen MR) is 69.9 cm³/mol. The quantitative estimate of drug-likeness (QED) is 0.747. The van der Waals surface area contributed by atoms with Gasteiger partial charge < -0.3 is 5.32 Å². The van der Waals surface area contributed by atoms with Gasteiger partial charge in [-0.3, -0.25) is 4.90 Å². The molecule has 4 saturated carbocycles. The standard InChI is InChI=1S/C15H26N2/c1-10-9-17(3-2-16-10)15-13-5-11-4-12(7-13)8-14(15)6-11/h10-16H,2-9H2,1H3. The highest BCUT2D eigenvalue weighted by molar-refractivity contribution is 5.03. The third kappa shape index (κ3) is 1.76. The molecule has 0 aromatic rings. The Morgan fingerprint density at radius 2 is 1.59 bits per heavy atom. The fourth-order valence-electron chi connectivity index (χ4n) is 5.73. The molecular weight excluding hydrogens is 208 g/mol. The summed E-state index contributed by atoms with van der Waals surface area (Å²) in [6, 6.07) is 1.67. The zero-order valence-electron chi connectivity index (χ0n) is 11.1. The first-order chi connectivity index (χ1) is 8.29. The average molecular weight is 234 g/mol. The smallest absolute Gasteiger partial charge is 0.0167 e. The molecule has 1 saturated heterocycles. The first-order valence-electron chi connectivity index (χ1n) is 7.77. The summed E-state index contributed by atoms with van der Waals surface area (Å²) in [4.78, 5) is 2.86. The van der Waals surface area contributed by atoms with Gasteiger partial charge >= 0.3 is 0 Å². The van der Waals surface area contributed by atoms with E-state index in [-0.39, 0.29) is 0 Å². The molecule has 0 amide bonds. The average Bonchev–Trinajstić information content (AvgIpc) is 2.27. The van der Waals surface area contributed by atoms with Gasteiger partial charge in [0.15, 0.2) is 0 Å². The number of nitrogens with zero attached hydrogens (tertiary/aromatic N) is 1. The van der Waals surface area contributed by atoms with Gasteiger partial charge in [0.25, 0.3) is 0 Å². The molecule has 0 radical (unpaired) electrons. The highest BCUT2D eigenvalue weighted by Crippen LogP contribution is 2.55. The van der Waals surface area contributed by atoms with E-state index in [2.05, 4.69) is 17.1 Å². The van der Waals surface area contributed by atoms with Crippen LogP contribution in [0.3, 0.4) is 0 Å². The Balaban J connectivity index is 1.53. The molecule has 4 aliphatic carbocycles. The molecule has 1 heterocycles. The Morgan fingerprint density at radius 3 is 2.18 bits per heavy atom. The van der Waals surface area contributed by atoms with Crippen molar-refractivity contribution in [1.29, 1.82) is 0 Å². The molecule has 5 rings (SSSR count). The second kappa shape index (κ2) is 3.96. The van der Waals surface area contributed by atoms with Gasteiger partial charge in [0.2, 0.25) is 0 Å². The van der Waals surface area contributed by atoms with E-state index in [1.165, 1.54) is 19.6 Å². The summed E-state index contributed by atoms with van der Waals surface area (Å²) in [7, 11) is 0. The van der Waals surface area contributed by atoms with E-state index in [0.29, 0.717) is 6.04 Å². The number of piperazine rings is 1. The molecule has 2 heteroatoms. The van der Waals surface area contributed by atoms with E-state index in [0.717, 1.165) is 29.7 Å². The van der Waals surface area contributed by atoms with E-state index in [1.807, 2.05) is 0 Å². The van der Waals surface area contributed by atoms with Crippen LogP contribution in [0.4, 0.5) is 0 Å². The Labute approximate surface area is 105 Å². The summed E-state index contributed by atoms with van der Waals surface area (Å²) >= 11 is 0. The van der Waals surface area contributed by atoms with Gasteiger partial charge in [0, 0.05) is 31.7 Å². The molecular formula is C15H26N2. The van der Waals surface area contributed by atoms with Crippen molar-refractivity contribution in [2.24, 2.45) is 23.7 Å². The van der Waals surface area contributed by atoms with E-state index >= 15 is 0 Å². The summed E-state index contributed by atoms with van der Waals surface area (Å²) in [5.41, 5.74) is 0. The van der Waals surface area contributed by atoms with Gasteiger partial charge in [0.1, 0.15) is 0 Å². The largest absolute Gasteiger partial charge is 0.312 e. The van der Waals surface area contributed by atoms with Gasteiger partial charge in [-0.05, 0) is 62.7 Å². The lowest BCUT2D eigenvalue weighted by atomic mass is 9.54. The Kier molecular flexibility index (Phi) is 2.52. The van der Waals surface area contributed by atoms with Crippen molar-refractivity contribution in [2.45, 2.75) is 51.1 Å². The van der Waals surface area contributed by atoms with Crippen LogP contribution in [-0.2, 0) is 0 Å². The van der Waals surface area contributed by atoms with E-state index in [9.17, 15) is 0 Å². The van der Waals surface area contributed by atoms with Crippen LogP contribution in [0.15, 0.2) is 0 Å². The van der Waals surface area contributed by atoms with Crippen LogP contribution >= 0.6 is 0 Å². The van der Waals surface area contributed by atoms with Crippen molar-refractivity contribution < 1.29 is 0 Å².